The smallest absolute Gasteiger partial charge is 0.261 e. The molecule has 0 aliphatic carbocycles. The molecule has 0 radical (unpaired) electrons. The van der Waals surface area contributed by atoms with E-state index in [2.05, 4.69) is 31.6 Å². The highest BCUT2D eigenvalue weighted by atomic mass is 79.9. The van der Waals surface area contributed by atoms with Gasteiger partial charge >= 0.3 is 0 Å². The maximum atomic E-state index is 11.9. The second-order valence-electron chi connectivity index (χ2n) is 4.92. The molecular formula is C15H17BrN4O3. The number of phenolic OH excluding ortho intramolecular Hbond substituents is 1. The molecule has 0 atom stereocenters. The summed E-state index contributed by atoms with van der Waals surface area (Å²) in [5, 5.41) is 18.0. The number of hydrogen-bond acceptors (Lipinski definition) is 5. The molecule has 122 valence electrons. The molecule has 0 aliphatic heterocycles. The number of hydrazone groups is 1. The molecule has 2 N–H and O–H groups in total. The summed E-state index contributed by atoms with van der Waals surface area (Å²) in [4.78, 5) is 11.9. The molecule has 0 fully saturated rings. The molecule has 8 heteroatoms. The van der Waals surface area contributed by atoms with Gasteiger partial charge in [-0.1, -0.05) is 15.9 Å². The van der Waals surface area contributed by atoms with Crippen LogP contribution in [0.2, 0.25) is 0 Å². The number of halogens is 1. The van der Waals surface area contributed by atoms with Crippen LogP contribution < -0.4 is 10.2 Å². The molecule has 1 amide bonds. The molecule has 0 saturated heterocycles. The highest BCUT2D eigenvalue weighted by molar-refractivity contribution is 9.10. The van der Waals surface area contributed by atoms with E-state index in [1.807, 2.05) is 19.9 Å². The van der Waals surface area contributed by atoms with Gasteiger partial charge in [0.2, 0.25) is 0 Å². The molecule has 1 aromatic heterocycles. The molecular weight excluding hydrogens is 364 g/mol. The van der Waals surface area contributed by atoms with Gasteiger partial charge in [0.25, 0.3) is 5.91 Å². The first-order valence-corrected chi connectivity index (χ1v) is 7.59. The Hall–Kier alpha value is -2.35. The number of phenols is 1. The normalized spacial score (nSPS) is 11.0. The van der Waals surface area contributed by atoms with Gasteiger partial charge in [-0.15, -0.1) is 0 Å². The lowest BCUT2D eigenvalue weighted by molar-refractivity contribution is -0.121. The van der Waals surface area contributed by atoms with Crippen molar-refractivity contribution in [1.82, 2.24) is 15.2 Å². The lowest BCUT2D eigenvalue weighted by Gasteiger charge is -2.07. The Labute approximate surface area is 142 Å². The fraction of sp³-hybridized carbons (Fsp3) is 0.267. The van der Waals surface area contributed by atoms with Gasteiger partial charge in [0.15, 0.2) is 11.5 Å². The predicted octanol–water partition coefficient (Wildman–Crippen LogP) is 2.13. The van der Waals surface area contributed by atoms with Crippen molar-refractivity contribution in [3.63, 3.8) is 0 Å². The van der Waals surface area contributed by atoms with Crippen molar-refractivity contribution in [3.05, 3.63) is 39.6 Å². The van der Waals surface area contributed by atoms with Crippen molar-refractivity contribution < 1.29 is 14.6 Å². The Balaban J connectivity index is 2.03. The van der Waals surface area contributed by atoms with Gasteiger partial charge in [0.05, 0.1) is 19.0 Å². The van der Waals surface area contributed by atoms with Crippen LogP contribution in [-0.4, -0.2) is 34.1 Å². The van der Waals surface area contributed by atoms with Crippen molar-refractivity contribution in [2.24, 2.45) is 5.10 Å². The van der Waals surface area contributed by atoms with E-state index in [1.54, 1.807) is 16.8 Å². The summed E-state index contributed by atoms with van der Waals surface area (Å²) in [6.07, 6.45) is 1.35. The molecule has 23 heavy (non-hydrogen) atoms. The molecule has 2 aromatic rings. The first-order valence-electron chi connectivity index (χ1n) is 6.80. The number of nitrogens with zero attached hydrogens (tertiary/aromatic N) is 3. The van der Waals surface area contributed by atoms with E-state index in [0.29, 0.717) is 11.3 Å². The Kier molecular flexibility index (Phi) is 5.38. The zero-order valence-corrected chi connectivity index (χ0v) is 14.6. The summed E-state index contributed by atoms with van der Waals surface area (Å²) >= 11 is 3.31. The van der Waals surface area contributed by atoms with Gasteiger partial charge in [0.1, 0.15) is 6.54 Å². The van der Waals surface area contributed by atoms with E-state index in [1.165, 1.54) is 13.3 Å². The minimum Gasteiger partial charge on any atom is -0.504 e. The summed E-state index contributed by atoms with van der Waals surface area (Å²) in [6, 6.07) is 5.19. The Morgan fingerprint density at radius 1 is 1.48 bits per heavy atom. The van der Waals surface area contributed by atoms with Crippen molar-refractivity contribution in [2.45, 2.75) is 20.4 Å². The lowest BCUT2D eigenvalue weighted by Crippen LogP contribution is -2.24. The van der Waals surface area contributed by atoms with Crippen LogP contribution in [0.4, 0.5) is 0 Å². The van der Waals surface area contributed by atoms with Crippen LogP contribution in [0.3, 0.4) is 0 Å². The summed E-state index contributed by atoms with van der Waals surface area (Å²) in [7, 11) is 1.46. The van der Waals surface area contributed by atoms with Crippen LogP contribution >= 0.6 is 15.9 Å². The summed E-state index contributed by atoms with van der Waals surface area (Å²) in [6.45, 7) is 3.82. The molecule has 7 nitrogen and oxygen atoms in total. The number of aromatic nitrogens is 2. The second kappa shape index (κ2) is 7.28. The van der Waals surface area contributed by atoms with E-state index < -0.39 is 0 Å². The fourth-order valence-electron chi connectivity index (χ4n) is 2.03. The average Bonchev–Trinajstić information content (AvgIpc) is 2.80. The summed E-state index contributed by atoms with van der Waals surface area (Å²) in [5.41, 5.74) is 4.57. The maximum Gasteiger partial charge on any atom is 0.261 e. The molecule has 2 rings (SSSR count). The number of benzene rings is 1. The zero-order chi connectivity index (χ0) is 17.0. The van der Waals surface area contributed by atoms with E-state index >= 15 is 0 Å². The van der Waals surface area contributed by atoms with Crippen LogP contribution in [0.15, 0.2) is 27.8 Å². The number of rotatable bonds is 5. The summed E-state index contributed by atoms with van der Waals surface area (Å²) < 4.78 is 7.37. The molecule has 0 bridgehead atoms. The largest absolute Gasteiger partial charge is 0.504 e. The molecule has 0 spiro atoms. The van der Waals surface area contributed by atoms with E-state index in [4.69, 9.17) is 4.74 Å². The third-order valence-electron chi connectivity index (χ3n) is 3.08. The SMILES string of the molecule is COc1cc(Br)cc(/C=N\NC(=O)Cn2nc(C)cc2C)c1O. The molecule has 0 aliphatic rings. The van der Waals surface area contributed by atoms with Crippen molar-refractivity contribution in [3.8, 4) is 11.5 Å². The van der Waals surface area contributed by atoms with Gasteiger partial charge in [0, 0.05) is 15.7 Å². The second-order valence-corrected chi connectivity index (χ2v) is 5.84. The number of aryl methyl sites for hydroxylation is 2. The minimum atomic E-state index is -0.311. The van der Waals surface area contributed by atoms with Gasteiger partial charge in [-0.25, -0.2) is 5.43 Å². The molecule has 0 saturated carbocycles. The Bertz CT molecular complexity index is 755. The summed E-state index contributed by atoms with van der Waals surface area (Å²) in [5.74, 6) is -0.0454. The number of nitrogens with one attached hydrogen (secondary N) is 1. The lowest BCUT2D eigenvalue weighted by atomic mass is 10.2. The third-order valence-corrected chi connectivity index (χ3v) is 3.54. The number of ether oxygens (including phenoxy) is 1. The standard InChI is InChI=1S/C15H17BrN4O3/c1-9-4-10(2)20(19-9)8-14(21)18-17-7-11-5-12(16)6-13(23-3)15(11)22/h4-7,22H,8H2,1-3H3,(H,18,21)/b17-7-. The van der Waals surface area contributed by atoms with Crippen molar-refractivity contribution in [2.75, 3.05) is 7.11 Å². The van der Waals surface area contributed by atoms with Crippen molar-refractivity contribution in [1.29, 1.82) is 0 Å². The first-order chi connectivity index (χ1) is 10.9. The zero-order valence-electron chi connectivity index (χ0n) is 13.0. The van der Waals surface area contributed by atoms with E-state index in [-0.39, 0.29) is 18.2 Å². The van der Waals surface area contributed by atoms with Gasteiger partial charge in [-0.05, 0) is 32.0 Å². The highest BCUT2D eigenvalue weighted by Gasteiger charge is 2.09. The topological polar surface area (TPSA) is 88.7 Å². The van der Waals surface area contributed by atoms with Crippen LogP contribution in [0.25, 0.3) is 0 Å². The van der Waals surface area contributed by atoms with E-state index in [0.717, 1.165) is 15.9 Å². The number of methoxy groups -OCH3 is 1. The predicted molar refractivity (Wildman–Crippen MR) is 89.8 cm³/mol. The molecule has 1 aromatic carbocycles. The number of hydrogen-bond donors (Lipinski definition) is 2. The van der Waals surface area contributed by atoms with Crippen molar-refractivity contribution >= 4 is 28.1 Å². The monoisotopic (exact) mass is 380 g/mol. The van der Waals surface area contributed by atoms with Gasteiger partial charge < -0.3 is 9.84 Å². The van der Waals surface area contributed by atoms with E-state index in [9.17, 15) is 9.90 Å². The number of carbonyl (C=O) groups excluding carboxylic acids is 1. The van der Waals surface area contributed by atoms with Gasteiger partial charge in [-0.3, -0.25) is 9.48 Å². The molecule has 0 unspecified atom stereocenters. The number of aromatic hydroxyl groups is 1. The van der Waals surface area contributed by atoms with Crippen LogP contribution in [0, 0.1) is 13.8 Å². The number of carbonyl (C=O) groups is 1. The maximum absolute atomic E-state index is 11.9. The van der Waals surface area contributed by atoms with Crippen LogP contribution in [0.5, 0.6) is 11.5 Å². The first kappa shape index (κ1) is 17.0. The van der Waals surface area contributed by atoms with Crippen LogP contribution in [-0.2, 0) is 11.3 Å². The third kappa shape index (κ3) is 4.32. The molecule has 1 heterocycles. The van der Waals surface area contributed by atoms with Crippen LogP contribution in [0.1, 0.15) is 17.0 Å². The average molecular weight is 381 g/mol. The minimum absolute atomic E-state index is 0.0488. The highest BCUT2D eigenvalue weighted by Crippen LogP contribution is 2.32. The quantitative estimate of drug-likeness (QED) is 0.614. The Morgan fingerprint density at radius 3 is 2.83 bits per heavy atom. The number of amides is 1. The fourth-order valence-corrected chi connectivity index (χ4v) is 2.48. The van der Waals surface area contributed by atoms with Gasteiger partial charge in [-0.2, -0.15) is 10.2 Å². The Morgan fingerprint density at radius 2 is 2.22 bits per heavy atom.